The van der Waals surface area contributed by atoms with E-state index < -0.39 is 0 Å². The Kier molecular flexibility index (Phi) is 15.9. The first-order valence-electron chi connectivity index (χ1n) is 35.5. The molecule has 101 heavy (non-hydrogen) atoms. The molecule has 0 N–H and O–H groups in total. The van der Waals surface area contributed by atoms with Gasteiger partial charge >= 0.3 is 0 Å². The molecule has 2 aliphatic heterocycles. The molecule has 0 aromatic heterocycles. The molecule has 2 aliphatic rings. The molecule has 2 nitrogen and oxygen atoms in total. The number of rotatable bonds is 12. The van der Waals surface area contributed by atoms with E-state index in [-0.39, 0.29) is 17.5 Å². The van der Waals surface area contributed by atoms with Gasteiger partial charge < -0.3 is 9.80 Å². The number of anilines is 6. The summed E-state index contributed by atoms with van der Waals surface area (Å²) in [6, 6.07) is 135. The summed E-state index contributed by atoms with van der Waals surface area (Å²) in [4.78, 5) is 5.40. The Bertz CT molecular complexity index is 4980. The maximum Gasteiger partial charge on any atom is 0.252 e. The monoisotopic (exact) mass is 1290 g/mol. The molecule has 3 heteroatoms. The van der Waals surface area contributed by atoms with Gasteiger partial charge in [-0.15, -0.1) is 0 Å². The summed E-state index contributed by atoms with van der Waals surface area (Å²) in [5.74, 6) is 0. The van der Waals surface area contributed by atoms with Crippen molar-refractivity contribution in [1.82, 2.24) is 0 Å². The normalized spacial score (nSPS) is 12.4. The third-order valence-corrected chi connectivity index (χ3v) is 20.8. The second-order valence-electron chi connectivity index (χ2n) is 29.1. The van der Waals surface area contributed by atoms with E-state index in [4.69, 9.17) is 0 Å². The van der Waals surface area contributed by atoms with Crippen molar-refractivity contribution in [3.05, 3.63) is 369 Å². The maximum atomic E-state index is 2.70. The zero-order valence-electron chi connectivity index (χ0n) is 58.0. The van der Waals surface area contributed by atoms with Crippen molar-refractivity contribution in [2.75, 3.05) is 9.80 Å². The highest BCUT2D eigenvalue weighted by Crippen LogP contribution is 2.59. The maximum absolute atomic E-state index is 2.70. The second kappa shape index (κ2) is 25.7. The van der Waals surface area contributed by atoms with Crippen molar-refractivity contribution in [1.29, 1.82) is 0 Å². The molecule has 15 aromatic carbocycles. The molecule has 0 aliphatic carbocycles. The van der Waals surface area contributed by atoms with Crippen LogP contribution in [0.4, 0.5) is 34.1 Å². The number of fused-ring (bicyclic) bond motifs is 4. The van der Waals surface area contributed by atoms with E-state index in [1.165, 1.54) is 49.8 Å². The van der Waals surface area contributed by atoms with Crippen molar-refractivity contribution in [2.45, 2.75) is 52.4 Å². The minimum Gasteiger partial charge on any atom is -0.310 e. The minimum absolute atomic E-state index is 0.0134. The second-order valence-corrected chi connectivity index (χ2v) is 29.1. The van der Waals surface area contributed by atoms with Gasteiger partial charge in [0.2, 0.25) is 0 Å². The van der Waals surface area contributed by atoms with E-state index in [2.05, 4.69) is 409 Å². The Morgan fingerprint density at radius 2 is 0.455 bits per heavy atom. The summed E-state index contributed by atoms with van der Waals surface area (Å²) < 4.78 is 0. The summed E-state index contributed by atoms with van der Waals surface area (Å²) in [7, 11) is 0. The van der Waals surface area contributed by atoms with Crippen LogP contribution in [0.3, 0.4) is 0 Å². The fourth-order valence-electron chi connectivity index (χ4n) is 15.9. The van der Waals surface area contributed by atoms with Crippen LogP contribution in [0.1, 0.15) is 52.7 Å². The van der Waals surface area contributed by atoms with Gasteiger partial charge in [0, 0.05) is 45.0 Å². The summed E-state index contributed by atoms with van der Waals surface area (Å²) in [5.41, 5.74) is 35.9. The van der Waals surface area contributed by atoms with Gasteiger partial charge in [-0.1, -0.05) is 363 Å². The molecule has 0 atom stereocenters. The van der Waals surface area contributed by atoms with Gasteiger partial charge in [-0.25, -0.2) is 0 Å². The Balaban J connectivity index is 1.07. The quantitative estimate of drug-likeness (QED) is 0.113. The molecular formula is C98H77BN2. The molecule has 2 heterocycles. The molecule has 482 valence electrons. The van der Waals surface area contributed by atoms with Crippen LogP contribution in [0.5, 0.6) is 0 Å². The first-order valence-corrected chi connectivity index (χ1v) is 35.5. The van der Waals surface area contributed by atoms with Gasteiger partial charge in [-0.3, -0.25) is 0 Å². The smallest absolute Gasteiger partial charge is 0.252 e. The van der Waals surface area contributed by atoms with E-state index in [1.807, 2.05) is 0 Å². The SMILES string of the molecule is CC(C)(C)c1ccc(-c2ccc3c(c2)B2c4cc(-c5ccc(C(C)(C)C)cc5)ccc4N(c4c(-c5ccccc5)c(-c5ccccc5)cc(-c5ccccc5)c4-c4ccccc4)c4cccc(c42)N3c2c(-c3ccccc3)c(-c3ccccc3)cc(-c3ccccc3)c2-c2ccccc2)cc1. The molecule has 0 unspecified atom stereocenters. The lowest BCUT2D eigenvalue weighted by Gasteiger charge is -2.46. The van der Waals surface area contributed by atoms with Crippen LogP contribution in [0.15, 0.2) is 358 Å². The van der Waals surface area contributed by atoms with Gasteiger partial charge in [-0.05, 0) is 164 Å². The first kappa shape index (κ1) is 62.5. The van der Waals surface area contributed by atoms with Crippen LogP contribution in [-0.2, 0) is 10.8 Å². The topological polar surface area (TPSA) is 6.48 Å². The highest BCUT2D eigenvalue weighted by Gasteiger charge is 2.46. The Labute approximate surface area is 595 Å². The van der Waals surface area contributed by atoms with E-state index >= 15 is 0 Å². The Hall–Kier alpha value is -12.0. The van der Waals surface area contributed by atoms with Gasteiger partial charge in [0.25, 0.3) is 6.71 Å². The summed E-state index contributed by atoms with van der Waals surface area (Å²) in [5, 5.41) is 0. The van der Waals surface area contributed by atoms with E-state index in [0.717, 1.165) is 123 Å². The van der Waals surface area contributed by atoms with E-state index in [1.54, 1.807) is 0 Å². The fourth-order valence-corrected chi connectivity index (χ4v) is 15.9. The molecule has 0 bridgehead atoms. The average molecular weight is 1290 g/mol. The molecule has 17 rings (SSSR count). The summed E-state index contributed by atoms with van der Waals surface area (Å²) in [6.45, 7) is 13.6. The number of hydrogen-bond donors (Lipinski definition) is 0. The van der Waals surface area contributed by atoms with Crippen LogP contribution in [-0.4, -0.2) is 6.71 Å². The predicted molar refractivity (Wildman–Crippen MR) is 432 cm³/mol. The lowest BCUT2D eigenvalue weighted by atomic mass is 9.33. The lowest BCUT2D eigenvalue weighted by Crippen LogP contribution is -2.61. The minimum atomic E-state index is -0.265. The van der Waals surface area contributed by atoms with Gasteiger partial charge in [0.15, 0.2) is 0 Å². The zero-order valence-corrected chi connectivity index (χ0v) is 58.0. The van der Waals surface area contributed by atoms with E-state index in [0.29, 0.717) is 0 Å². The molecule has 0 saturated carbocycles. The summed E-state index contributed by atoms with van der Waals surface area (Å²) >= 11 is 0. The van der Waals surface area contributed by atoms with Gasteiger partial charge in [0.1, 0.15) is 0 Å². The predicted octanol–water partition coefficient (Wildman–Crippen LogP) is 25.0. The van der Waals surface area contributed by atoms with Crippen LogP contribution in [0.2, 0.25) is 0 Å². The highest BCUT2D eigenvalue weighted by molar-refractivity contribution is 7.00. The van der Waals surface area contributed by atoms with Crippen molar-refractivity contribution in [2.24, 2.45) is 0 Å². The molecule has 0 amide bonds. The van der Waals surface area contributed by atoms with Gasteiger partial charge in [-0.2, -0.15) is 0 Å². The molecule has 0 spiro atoms. The average Bonchev–Trinajstić information content (AvgIpc) is 0.680. The molecular weight excluding hydrogens is 1220 g/mol. The molecule has 0 fully saturated rings. The summed E-state index contributed by atoms with van der Waals surface area (Å²) in [6.07, 6.45) is 0. The van der Waals surface area contributed by atoms with Crippen molar-refractivity contribution in [3.8, 4) is 111 Å². The fraction of sp³-hybridized carbons (Fsp3) is 0.0816. The Morgan fingerprint density at radius 3 is 0.713 bits per heavy atom. The van der Waals surface area contributed by atoms with Crippen LogP contribution in [0.25, 0.3) is 111 Å². The van der Waals surface area contributed by atoms with Crippen LogP contribution >= 0.6 is 0 Å². The standard InChI is InChI=1S/C98H77BN2/c1-97(2,3)78-56-50-66(51-57-78)76-54-60-86-84(62-76)99-85-63-77(67-52-58-79(59-53-67)98(4,5)6)55-61-87(85)101(96-92(74-44-27-13-28-45-74)82(70-36-19-9-20-37-70)65-83(71-38-21-10-22-39-71)93(96)75-46-29-14-30-47-75)89-49-31-48-88(94(89)99)100(86)95-90(72-40-23-11-24-41-72)80(68-32-15-7-16-33-68)64-81(69-34-17-8-18-35-69)91(95)73-42-25-12-26-43-73/h7-65H,1-6H3. The van der Waals surface area contributed by atoms with Crippen LogP contribution in [0, 0.1) is 0 Å². The highest BCUT2D eigenvalue weighted by atomic mass is 15.2. The number of hydrogen-bond acceptors (Lipinski definition) is 2. The molecule has 0 saturated heterocycles. The lowest BCUT2D eigenvalue weighted by molar-refractivity contribution is 0.590. The number of nitrogens with zero attached hydrogens (tertiary/aromatic N) is 2. The number of benzene rings is 15. The first-order chi connectivity index (χ1) is 49.4. The molecule has 15 aromatic rings. The largest absolute Gasteiger partial charge is 0.310 e. The Morgan fingerprint density at radius 1 is 0.208 bits per heavy atom. The van der Waals surface area contributed by atoms with Gasteiger partial charge in [0.05, 0.1) is 11.4 Å². The molecule has 0 radical (unpaired) electrons. The third kappa shape index (κ3) is 11.3. The van der Waals surface area contributed by atoms with E-state index in [9.17, 15) is 0 Å². The third-order valence-electron chi connectivity index (χ3n) is 20.8. The van der Waals surface area contributed by atoms with Crippen molar-refractivity contribution in [3.63, 3.8) is 0 Å². The van der Waals surface area contributed by atoms with Crippen LogP contribution < -0.4 is 26.2 Å². The zero-order chi connectivity index (χ0) is 68.3. The van der Waals surface area contributed by atoms with Crippen molar-refractivity contribution < 1.29 is 0 Å². The van der Waals surface area contributed by atoms with Crippen molar-refractivity contribution >= 4 is 57.2 Å².